The van der Waals surface area contributed by atoms with Crippen molar-refractivity contribution in [1.82, 2.24) is 0 Å². The second kappa shape index (κ2) is 7.38. The molecule has 2 aromatic carbocycles. The number of aliphatic hydroxyl groups excluding tert-OH is 1. The Morgan fingerprint density at radius 3 is 2.32 bits per heavy atom. The van der Waals surface area contributed by atoms with Gasteiger partial charge in [0.25, 0.3) is 0 Å². The van der Waals surface area contributed by atoms with Gasteiger partial charge in [0.05, 0.1) is 0 Å². The van der Waals surface area contributed by atoms with Crippen LogP contribution in [0.15, 0.2) is 54.6 Å². The lowest BCUT2D eigenvalue weighted by atomic mass is 10.0. The van der Waals surface area contributed by atoms with E-state index in [1.54, 1.807) is 24.3 Å². The maximum absolute atomic E-state index is 12.3. The molecule has 0 aliphatic rings. The van der Waals surface area contributed by atoms with Crippen LogP contribution in [0, 0.1) is 0 Å². The summed E-state index contributed by atoms with van der Waals surface area (Å²) in [5.41, 5.74) is 1.75. The van der Waals surface area contributed by atoms with Gasteiger partial charge in [0.15, 0.2) is 5.78 Å². The number of aryl methyl sites for hydroxylation is 1. The third-order valence-corrected chi connectivity index (χ3v) is 3.24. The van der Waals surface area contributed by atoms with Gasteiger partial charge in [0, 0.05) is 17.7 Å². The van der Waals surface area contributed by atoms with Gasteiger partial charge in [-0.3, -0.25) is 4.79 Å². The Morgan fingerprint density at radius 2 is 1.64 bits per heavy atom. The monoisotopic (exact) mass is 299 g/mol. The summed E-state index contributed by atoms with van der Waals surface area (Å²) >= 11 is 0. The molecule has 2 aromatic rings. The van der Waals surface area contributed by atoms with Gasteiger partial charge in [0.1, 0.15) is 0 Å². The number of hydrogen-bond donors (Lipinski definition) is 3. The SMILES string of the molecule is O=C(CCc1ccccc1)c1ccccc1NC(O)C(=O)O. The second-order valence-electron chi connectivity index (χ2n) is 4.84. The third kappa shape index (κ3) is 4.17. The molecule has 5 nitrogen and oxygen atoms in total. The molecule has 1 atom stereocenters. The third-order valence-electron chi connectivity index (χ3n) is 3.24. The van der Waals surface area contributed by atoms with Crippen LogP contribution in [-0.4, -0.2) is 28.2 Å². The molecule has 0 heterocycles. The molecule has 0 saturated carbocycles. The van der Waals surface area contributed by atoms with E-state index in [-0.39, 0.29) is 5.78 Å². The summed E-state index contributed by atoms with van der Waals surface area (Å²) < 4.78 is 0. The van der Waals surface area contributed by atoms with Crippen LogP contribution in [0.3, 0.4) is 0 Å². The fourth-order valence-corrected chi connectivity index (χ4v) is 2.10. The van der Waals surface area contributed by atoms with Crippen LogP contribution < -0.4 is 5.32 Å². The van der Waals surface area contributed by atoms with Crippen LogP contribution in [0.25, 0.3) is 0 Å². The van der Waals surface area contributed by atoms with Gasteiger partial charge in [-0.05, 0) is 24.1 Å². The molecule has 0 radical (unpaired) electrons. The molecule has 1 unspecified atom stereocenters. The van der Waals surface area contributed by atoms with E-state index in [0.29, 0.717) is 24.1 Å². The smallest absolute Gasteiger partial charge is 0.353 e. The Balaban J connectivity index is 2.07. The van der Waals surface area contributed by atoms with Crippen LogP contribution in [0.2, 0.25) is 0 Å². The number of para-hydroxylation sites is 1. The molecule has 0 aliphatic heterocycles. The van der Waals surface area contributed by atoms with Crippen LogP contribution in [0.5, 0.6) is 0 Å². The molecule has 0 fully saturated rings. The lowest BCUT2D eigenvalue weighted by Crippen LogP contribution is -2.29. The zero-order valence-corrected chi connectivity index (χ0v) is 11.9. The molecular weight excluding hydrogens is 282 g/mol. The van der Waals surface area contributed by atoms with Gasteiger partial charge in [0.2, 0.25) is 6.23 Å². The van der Waals surface area contributed by atoms with E-state index in [1.165, 1.54) is 0 Å². The van der Waals surface area contributed by atoms with Crippen LogP contribution >= 0.6 is 0 Å². The van der Waals surface area contributed by atoms with E-state index >= 15 is 0 Å². The summed E-state index contributed by atoms with van der Waals surface area (Å²) in [7, 11) is 0. The normalized spacial score (nSPS) is 11.7. The number of carbonyl (C=O) groups excluding carboxylic acids is 1. The van der Waals surface area contributed by atoms with Crippen molar-refractivity contribution in [3.8, 4) is 0 Å². The Kier molecular flexibility index (Phi) is 5.27. The fourth-order valence-electron chi connectivity index (χ4n) is 2.10. The quantitative estimate of drug-likeness (QED) is 0.539. The van der Waals surface area contributed by atoms with E-state index in [1.807, 2.05) is 30.3 Å². The van der Waals surface area contributed by atoms with Crippen molar-refractivity contribution in [2.24, 2.45) is 0 Å². The van der Waals surface area contributed by atoms with E-state index < -0.39 is 12.2 Å². The van der Waals surface area contributed by atoms with E-state index in [2.05, 4.69) is 5.32 Å². The molecule has 0 aromatic heterocycles. The van der Waals surface area contributed by atoms with Gasteiger partial charge in [-0.25, -0.2) is 4.79 Å². The van der Waals surface area contributed by atoms with Crippen molar-refractivity contribution in [1.29, 1.82) is 0 Å². The standard InChI is InChI=1S/C17H17NO4/c19-15(11-10-12-6-2-1-3-7-12)13-8-4-5-9-14(13)18-16(20)17(21)22/h1-9,16,18,20H,10-11H2,(H,21,22). The number of carboxylic acid groups (broad SMARTS) is 1. The van der Waals surface area contributed by atoms with Gasteiger partial charge in [-0.1, -0.05) is 42.5 Å². The van der Waals surface area contributed by atoms with Crippen molar-refractivity contribution in [3.63, 3.8) is 0 Å². The lowest BCUT2D eigenvalue weighted by molar-refractivity contribution is -0.145. The summed E-state index contributed by atoms with van der Waals surface area (Å²) in [5, 5.41) is 20.5. The minimum absolute atomic E-state index is 0.107. The number of benzene rings is 2. The number of aliphatic carboxylic acids is 1. The largest absolute Gasteiger partial charge is 0.478 e. The minimum Gasteiger partial charge on any atom is -0.478 e. The summed E-state index contributed by atoms with van der Waals surface area (Å²) in [4.78, 5) is 23.0. The van der Waals surface area contributed by atoms with Gasteiger partial charge in [-0.15, -0.1) is 0 Å². The second-order valence-corrected chi connectivity index (χ2v) is 4.84. The molecular formula is C17H17NO4. The summed E-state index contributed by atoms with van der Waals surface area (Å²) in [6.45, 7) is 0. The zero-order valence-electron chi connectivity index (χ0n) is 11.9. The van der Waals surface area contributed by atoms with Gasteiger partial charge >= 0.3 is 5.97 Å². The molecule has 0 aliphatic carbocycles. The molecule has 5 heteroatoms. The fraction of sp³-hybridized carbons (Fsp3) is 0.176. The van der Waals surface area contributed by atoms with Crippen molar-refractivity contribution < 1.29 is 19.8 Å². The Labute approximate surface area is 128 Å². The van der Waals surface area contributed by atoms with Crippen LogP contribution in [-0.2, 0) is 11.2 Å². The highest BCUT2D eigenvalue weighted by atomic mass is 16.4. The number of ketones is 1. The Bertz CT molecular complexity index is 655. The number of carboxylic acids is 1. The molecule has 114 valence electrons. The highest BCUT2D eigenvalue weighted by Crippen LogP contribution is 2.18. The van der Waals surface area contributed by atoms with Gasteiger partial charge < -0.3 is 15.5 Å². The summed E-state index contributed by atoms with van der Waals surface area (Å²) in [6.07, 6.45) is -0.829. The molecule has 0 saturated heterocycles. The topological polar surface area (TPSA) is 86.6 Å². The lowest BCUT2D eigenvalue weighted by Gasteiger charge is -2.13. The first kappa shape index (κ1) is 15.7. The molecule has 0 amide bonds. The highest BCUT2D eigenvalue weighted by molar-refractivity contribution is 6.01. The molecule has 0 bridgehead atoms. The van der Waals surface area contributed by atoms with Crippen molar-refractivity contribution in [2.75, 3.05) is 5.32 Å². The van der Waals surface area contributed by atoms with Gasteiger partial charge in [-0.2, -0.15) is 0 Å². The molecule has 22 heavy (non-hydrogen) atoms. The predicted octanol–water partition coefficient (Wildman–Crippen LogP) is 2.32. The Morgan fingerprint density at radius 1 is 1.00 bits per heavy atom. The maximum Gasteiger partial charge on any atom is 0.353 e. The van der Waals surface area contributed by atoms with E-state index in [0.717, 1.165) is 5.56 Å². The maximum atomic E-state index is 12.3. The van der Waals surface area contributed by atoms with E-state index in [9.17, 15) is 14.7 Å². The van der Waals surface area contributed by atoms with Crippen LogP contribution in [0.4, 0.5) is 5.69 Å². The van der Waals surface area contributed by atoms with Crippen LogP contribution in [0.1, 0.15) is 22.3 Å². The predicted molar refractivity (Wildman–Crippen MR) is 82.8 cm³/mol. The molecule has 2 rings (SSSR count). The number of nitrogens with one attached hydrogen (secondary N) is 1. The number of anilines is 1. The highest BCUT2D eigenvalue weighted by Gasteiger charge is 2.17. The van der Waals surface area contributed by atoms with Crippen molar-refractivity contribution in [2.45, 2.75) is 19.1 Å². The number of rotatable bonds is 7. The Hall–Kier alpha value is -2.66. The molecule has 3 N–H and O–H groups in total. The minimum atomic E-state index is -1.75. The van der Waals surface area contributed by atoms with Crippen molar-refractivity contribution in [3.05, 3.63) is 65.7 Å². The zero-order chi connectivity index (χ0) is 15.9. The first-order valence-corrected chi connectivity index (χ1v) is 6.91. The molecule has 0 spiro atoms. The first-order valence-electron chi connectivity index (χ1n) is 6.91. The number of carbonyl (C=O) groups is 2. The average molecular weight is 299 g/mol. The first-order chi connectivity index (χ1) is 10.6. The number of aliphatic hydroxyl groups is 1. The van der Waals surface area contributed by atoms with Crippen molar-refractivity contribution >= 4 is 17.4 Å². The summed E-state index contributed by atoms with van der Waals surface area (Å²) in [6, 6.07) is 16.2. The van der Waals surface area contributed by atoms with E-state index in [4.69, 9.17) is 5.11 Å². The number of hydrogen-bond acceptors (Lipinski definition) is 4. The number of Topliss-reactive ketones (excluding diaryl/α,β-unsaturated/α-hetero) is 1. The average Bonchev–Trinajstić information content (AvgIpc) is 2.54. The summed E-state index contributed by atoms with van der Waals surface area (Å²) in [5.74, 6) is -1.50.